The molecular weight excluding hydrogens is 1150 g/mol. The second kappa shape index (κ2) is 27.7. The van der Waals surface area contributed by atoms with Crippen LogP contribution in [0.25, 0.3) is 97.5 Å². The van der Waals surface area contributed by atoms with Crippen LogP contribution in [0.2, 0.25) is 0 Å². The van der Waals surface area contributed by atoms with Gasteiger partial charge in [0.2, 0.25) is 0 Å². The van der Waals surface area contributed by atoms with Gasteiger partial charge in [0.05, 0.1) is 45.8 Å². The van der Waals surface area contributed by atoms with E-state index in [-0.39, 0.29) is 0 Å². The lowest BCUT2D eigenvalue weighted by atomic mass is 9.99. The zero-order chi connectivity index (χ0) is 61.5. The zero-order valence-electron chi connectivity index (χ0n) is 52.8. The predicted octanol–water partition coefficient (Wildman–Crippen LogP) is 22.2. The SMILES string of the molecule is CCCCC(CC)Cn1c2ccccc2c2ccc(C#Cc3ccc(-c4nc(-c5ccc(C#Cc6ccc7c8ccccc8n(CC(CC)CCCC)c7c6)s5)nc(-c5ccc(C#Cc6ccc7c8ccccc8n(CC(CC)CCCC)c7c6)s5)n4)s3)cc21. The van der Waals surface area contributed by atoms with Gasteiger partial charge < -0.3 is 13.7 Å². The quantitative estimate of drug-likeness (QED) is 0.0674. The van der Waals surface area contributed by atoms with Crippen molar-refractivity contribution in [2.75, 3.05) is 0 Å². The molecule has 3 unspecified atom stereocenters. The van der Waals surface area contributed by atoms with Crippen molar-refractivity contribution in [1.82, 2.24) is 28.7 Å². The van der Waals surface area contributed by atoms with Crippen molar-refractivity contribution in [2.24, 2.45) is 17.8 Å². The van der Waals surface area contributed by atoms with E-state index in [2.05, 4.69) is 255 Å². The fourth-order valence-electron chi connectivity index (χ4n) is 13.2. The summed E-state index contributed by atoms with van der Waals surface area (Å²) in [5.41, 5.74) is 10.6. The van der Waals surface area contributed by atoms with Crippen LogP contribution in [0, 0.1) is 53.3 Å². The van der Waals surface area contributed by atoms with Gasteiger partial charge in [0.15, 0.2) is 17.5 Å². The predicted molar refractivity (Wildman–Crippen MR) is 386 cm³/mol. The number of benzene rings is 6. The number of aromatic nitrogens is 6. The van der Waals surface area contributed by atoms with Gasteiger partial charge in [-0.25, -0.2) is 15.0 Å². The minimum Gasteiger partial charge on any atom is -0.340 e. The number of unbranched alkanes of at least 4 members (excludes halogenated alkanes) is 3. The highest BCUT2D eigenvalue weighted by molar-refractivity contribution is 7.16. The monoisotopic (exact) mass is 1230 g/mol. The first-order chi connectivity index (χ1) is 44.3. The van der Waals surface area contributed by atoms with E-state index in [1.165, 1.54) is 142 Å². The van der Waals surface area contributed by atoms with Gasteiger partial charge in [0.25, 0.3) is 0 Å². The average molecular weight is 1230 g/mol. The Hall–Kier alpha value is -8.49. The lowest BCUT2D eigenvalue weighted by Gasteiger charge is -2.17. The fourth-order valence-corrected chi connectivity index (χ4v) is 15.6. The lowest BCUT2D eigenvalue weighted by Crippen LogP contribution is -2.10. The van der Waals surface area contributed by atoms with Crippen LogP contribution in [-0.2, 0) is 19.6 Å². The van der Waals surface area contributed by atoms with Crippen LogP contribution in [0.5, 0.6) is 0 Å². The molecule has 0 saturated heterocycles. The standard InChI is InChI=1S/C81H78N6S3/c1-7-13-22-55(10-4)52-85-70-28-19-16-25-64(70)67-43-34-58(49-73(67)85)31-37-61-40-46-76(88-61)79-82-80(77-47-41-62(89-77)38-32-59-35-44-68-65-26-17-20-29-71(65)86(74(68)50-59)53-56(11-5)23-14-8-2)84-81(83-79)78-48-42-63(90-78)39-33-60-36-45-69-66-27-18-21-30-72(66)87(75(69)51-60)54-57(12-6)24-15-9-3/h16-21,25-30,34-36,40-51,55-57H,7-15,22-24,52-54H2,1-6H3. The van der Waals surface area contributed by atoms with Crippen molar-refractivity contribution < 1.29 is 0 Å². The molecule has 90 heavy (non-hydrogen) atoms. The maximum Gasteiger partial charge on any atom is 0.174 e. The van der Waals surface area contributed by atoms with E-state index in [0.717, 1.165) is 65.6 Å². The second-order valence-corrected chi connectivity index (χ2v) is 27.6. The van der Waals surface area contributed by atoms with Crippen LogP contribution in [0.3, 0.4) is 0 Å². The molecule has 13 rings (SSSR count). The molecule has 0 fully saturated rings. The third-order valence-electron chi connectivity index (χ3n) is 18.4. The van der Waals surface area contributed by atoms with Crippen LogP contribution in [0.4, 0.5) is 0 Å². The first-order valence-corrected chi connectivity index (χ1v) is 35.4. The van der Waals surface area contributed by atoms with Gasteiger partial charge in [0.1, 0.15) is 0 Å². The van der Waals surface area contributed by atoms with Gasteiger partial charge >= 0.3 is 0 Å². The van der Waals surface area contributed by atoms with Gasteiger partial charge in [0, 0.05) is 85.2 Å². The molecule has 0 amide bonds. The Morgan fingerprint density at radius 1 is 0.322 bits per heavy atom. The molecule has 450 valence electrons. The minimum atomic E-state index is 0.613. The normalized spacial score (nSPS) is 12.6. The average Bonchev–Trinajstić information content (AvgIpc) is 1.67. The van der Waals surface area contributed by atoms with Crippen LogP contribution in [0.1, 0.15) is 150 Å². The van der Waals surface area contributed by atoms with Crippen molar-refractivity contribution >= 4 is 99.4 Å². The summed E-state index contributed by atoms with van der Waals surface area (Å²) < 4.78 is 7.63. The van der Waals surface area contributed by atoms with Gasteiger partial charge in [-0.05, 0) is 128 Å². The number of hydrogen-bond donors (Lipinski definition) is 0. The highest BCUT2D eigenvalue weighted by Crippen LogP contribution is 2.38. The summed E-state index contributed by atoms with van der Waals surface area (Å²) >= 11 is 4.84. The molecule has 0 aliphatic heterocycles. The Bertz CT molecular complexity index is 4420. The molecule has 6 nitrogen and oxygen atoms in total. The van der Waals surface area contributed by atoms with Gasteiger partial charge in [-0.15, -0.1) is 34.0 Å². The molecule has 13 aromatic rings. The van der Waals surface area contributed by atoms with E-state index in [0.29, 0.717) is 35.2 Å². The Kier molecular flexibility index (Phi) is 18.6. The molecule has 9 heteroatoms. The van der Waals surface area contributed by atoms with E-state index in [1.807, 2.05) is 0 Å². The van der Waals surface area contributed by atoms with E-state index < -0.39 is 0 Å². The largest absolute Gasteiger partial charge is 0.340 e. The molecule has 0 spiro atoms. The topological polar surface area (TPSA) is 53.5 Å². The number of thiophene rings is 3. The molecule has 0 saturated carbocycles. The summed E-state index contributed by atoms with van der Waals surface area (Å²) in [5.74, 6) is 25.0. The van der Waals surface area contributed by atoms with Gasteiger partial charge in [-0.3, -0.25) is 0 Å². The minimum absolute atomic E-state index is 0.613. The number of hydrogen-bond acceptors (Lipinski definition) is 6. The fraction of sp³-hybridized carbons (Fsp3) is 0.296. The second-order valence-electron chi connectivity index (χ2n) is 24.4. The van der Waals surface area contributed by atoms with Crippen molar-refractivity contribution in [2.45, 2.75) is 138 Å². The Morgan fingerprint density at radius 3 is 0.900 bits per heavy atom. The Labute approximate surface area is 543 Å². The zero-order valence-corrected chi connectivity index (χ0v) is 55.3. The first kappa shape index (κ1) is 60.4. The molecule has 6 aromatic carbocycles. The molecule has 7 aromatic heterocycles. The summed E-state index contributed by atoms with van der Waals surface area (Å²) in [5, 5.41) is 7.74. The van der Waals surface area contributed by atoms with Crippen LogP contribution < -0.4 is 0 Å². The van der Waals surface area contributed by atoms with Crippen molar-refractivity contribution in [3.8, 4) is 67.6 Å². The molecule has 0 radical (unpaired) electrons. The third kappa shape index (κ3) is 12.8. The van der Waals surface area contributed by atoms with E-state index >= 15 is 0 Å². The number of rotatable bonds is 21. The first-order valence-electron chi connectivity index (χ1n) is 33.0. The van der Waals surface area contributed by atoms with Gasteiger partial charge in [-0.2, -0.15) is 0 Å². The van der Waals surface area contributed by atoms with Crippen molar-refractivity contribution in [3.05, 3.63) is 195 Å². The molecule has 3 atom stereocenters. The van der Waals surface area contributed by atoms with Gasteiger partial charge in [-0.1, -0.05) is 208 Å². The summed E-state index contributed by atoms with van der Waals surface area (Å²) in [6.45, 7) is 16.9. The Balaban J connectivity index is 0.829. The molecule has 0 aliphatic rings. The number of para-hydroxylation sites is 3. The molecule has 0 bridgehead atoms. The van der Waals surface area contributed by atoms with Crippen molar-refractivity contribution in [3.63, 3.8) is 0 Å². The van der Waals surface area contributed by atoms with Crippen LogP contribution >= 0.6 is 34.0 Å². The van der Waals surface area contributed by atoms with Crippen LogP contribution in [0.15, 0.2) is 164 Å². The highest BCUT2D eigenvalue weighted by Gasteiger charge is 2.20. The maximum atomic E-state index is 5.23. The van der Waals surface area contributed by atoms with E-state index in [4.69, 9.17) is 15.0 Å². The molecule has 7 heterocycles. The van der Waals surface area contributed by atoms with Crippen LogP contribution in [-0.4, -0.2) is 28.7 Å². The summed E-state index contributed by atoms with van der Waals surface area (Å²) in [6.07, 6.45) is 14.7. The van der Waals surface area contributed by atoms with Crippen molar-refractivity contribution in [1.29, 1.82) is 0 Å². The number of nitrogens with zero attached hydrogens (tertiary/aromatic N) is 6. The third-order valence-corrected chi connectivity index (χ3v) is 21.4. The van der Waals surface area contributed by atoms with E-state index in [9.17, 15) is 0 Å². The molecule has 0 aliphatic carbocycles. The summed E-state index contributed by atoms with van der Waals surface area (Å²) in [6, 6.07) is 59.3. The molecule has 0 N–H and O–H groups in total. The highest BCUT2D eigenvalue weighted by atomic mass is 32.1. The molecular formula is C81H78N6S3. The smallest absolute Gasteiger partial charge is 0.174 e. The van der Waals surface area contributed by atoms with E-state index in [1.54, 1.807) is 34.0 Å². The summed E-state index contributed by atoms with van der Waals surface area (Å²) in [4.78, 5) is 21.3. The lowest BCUT2D eigenvalue weighted by molar-refractivity contribution is 0.401. The Morgan fingerprint density at radius 2 is 0.611 bits per heavy atom. The summed E-state index contributed by atoms with van der Waals surface area (Å²) in [7, 11) is 0. The number of fused-ring (bicyclic) bond motifs is 9. The maximum absolute atomic E-state index is 5.23.